The van der Waals surface area contributed by atoms with Gasteiger partial charge in [0.05, 0.1) is 0 Å². The largest absolute Gasteiger partial charge is 0.353 e. The predicted molar refractivity (Wildman–Crippen MR) is 77.6 cm³/mol. The molecule has 2 rings (SSSR count). The highest BCUT2D eigenvalue weighted by atomic mass is 19.1. The van der Waals surface area contributed by atoms with Crippen molar-refractivity contribution >= 4 is 5.91 Å². The number of rotatable bonds is 5. The molecule has 0 spiro atoms. The molecule has 1 fully saturated rings. The van der Waals surface area contributed by atoms with Crippen LogP contribution in [0.2, 0.25) is 0 Å². The second-order valence-corrected chi connectivity index (χ2v) is 5.74. The summed E-state index contributed by atoms with van der Waals surface area (Å²) in [7, 11) is 0. The summed E-state index contributed by atoms with van der Waals surface area (Å²) in [5.74, 6) is -0.0861. The first-order valence-electron chi connectivity index (χ1n) is 7.35. The summed E-state index contributed by atoms with van der Waals surface area (Å²) < 4.78 is 13.6. The molecule has 0 radical (unpaired) electrons. The van der Waals surface area contributed by atoms with E-state index in [1.165, 1.54) is 6.07 Å². The predicted octanol–water partition coefficient (Wildman–Crippen LogP) is 2.25. The summed E-state index contributed by atoms with van der Waals surface area (Å²) in [5, 5.41) is 3.08. The van der Waals surface area contributed by atoms with Gasteiger partial charge >= 0.3 is 0 Å². The SMILES string of the molecule is CC(Cc1ccccc1F)C(=O)NC1CCCC1CN. The van der Waals surface area contributed by atoms with Gasteiger partial charge in [-0.05, 0) is 43.4 Å². The normalized spacial score (nSPS) is 23.6. The van der Waals surface area contributed by atoms with Gasteiger partial charge in [0.2, 0.25) is 5.91 Å². The Morgan fingerprint density at radius 2 is 2.20 bits per heavy atom. The molecule has 3 atom stereocenters. The molecule has 1 aliphatic carbocycles. The minimum absolute atomic E-state index is 0.00129. The summed E-state index contributed by atoms with van der Waals surface area (Å²) >= 11 is 0. The third kappa shape index (κ3) is 3.57. The Hall–Kier alpha value is -1.42. The van der Waals surface area contributed by atoms with Crippen LogP contribution in [0.5, 0.6) is 0 Å². The highest BCUT2D eigenvalue weighted by molar-refractivity contribution is 5.79. The van der Waals surface area contributed by atoms with Crippen molar-refractivity contribution in [2.75, 3.05) is 6.54 Å². The van der Waals surface area contributed by atoms with E-state index in [0.29, 0.717) is 24.4 Å². The standard InChI is InChI=1S/C16H23FN2O/c1-11(9-12-5-2-3-7-14(12)17)16(20)19-15-8-4-6-13(15)10-18/h2-3,5,7,11,13,15H,4,6,8-10,18H2,1H3,(H,19,20). The zero-order chi connectivity index (χ0) is 14.5. The van der Waals surface area contributed by atoms with Gasteiger partial charge in [-0.2, -0.15) is 0 Å². The van der Waals surface area contributed by atoms with Gasteiger partial charge in [0.15, 0.2) is 0 Å². The van der Waals surface area contributed by atoms with Crippen LogP contribution in [0.3, 0.4) is 0 Å². The highest BCUT2D eigenvalue weighted by Gasteiger charge is 2.28. The highest BCUT2D eigenvalue weighted by Crippen LogP contribution is 2.25. The summed E-state index contributed by atoms with van der Waals surface area (Å²) in [6, 6.07) is 6.81. The molecular weight excluding hydrogens is 255 g/mol. The van der Waals surface area contributed by atoms with E-state index < -0.39 is 0 Å². The third-order valence-corrected chi connectivity index (χ3v) is 4.22. The first kappa shape index (κ1) is 15.0. The summed E-state index contributed by atoms with van der Waals surface area (Å²) in [4.78, 5) is 12.2. The number of carbonyl (C=O) groups excluding carboxylic acids is 1. The van der Waals surface area contributed by atoms with Crippen molar-refractivity contribution in [3.8, 4) is 0 Å². The second kappa shape index (κ2) is 6.84. The molecule has 0 bridgehead atoms. The molecule has 0 aromatic heterocycles. The Kier molecular flexibility index (Phi) is 5.12. The van der Waals surface area contributed by atoms with Gasteiger partial charge in [-0.15, -0.1) is 0 Å². The number of nitrogens with one attached hydrogen (secondary N) is 1. The zero-order valence-corrected chi connectivity index (χ0v) is 11.9. The van der Waals surface area contributed by atoms with Gasteiger partial charge < -0.3 is 11.1 Å². The van der Waals surface area contributed by atoms with E-state index in [4.69, 9.17) is 5.73 Å². The molecule has 3 unspecified atom stereocenters. The van der Waals surface area contributed by atoms with Crippen LogP contribution in [-0.4, -0.2) is 18.5 Å². The van der Waals surface area contributed by atoms with Crippen molar-refractivity contribution in [3.63, 3.8) is 0 Å². The van der Waals surface area contributed by atoms with Crippen molar-refractivity contribution in [2.45, 2.75) is 38.6 Å². The molecule has 1 aliphatic rings. The number of hydrogen-bond acceptors (Lipinski definition) is 2. The lowest BCUT2D eigenvalue weighted by Gasteiger charge is -2.22. The molecule has 1 amide bonds. The molecule has 1 aromatic carbocycles. The van der Waals surface area contributed by atoms with Crippen molar-refractivity contribution in [1.29, 1.82) is 0 Å². The van der Waals surface area contributed by atoms with Crippen LogP contribution in [0, 0.1) is 17.7 Å². The summed E-state index contributed by atoms with van der Waals surface area (Å²) in [5.41, 5.74) is 6.31. The fourth-order valence-corrected chi connectivity index (χ4v) is 2.92. The van der Waals surface area contributed by atoms with E-state index in [1.807, 2.05) is 6.92 Å². The molecular formula is C16H23FN2O. The first-order chi connectivity index (χ1) is 9.61. The first-order valence-corrected chi connectivity index (χ1v) is 7.35. The van der Waals surface area contributed by atoms with Crippen molar-refractivity contribution in [1.82, 2.24) is 5.32 Å². The number of hydrogen-bond donors (Lipinski definition) is 2. The summed E-state index contributed by atoms with van der Waals surface area (Å²) in [6.45, 7) is 2.46. The number of halogens is 1. The number of carbonyl (C=O) groups is 1. The maximum Gasteiger partial charge on any atom is 0.223 e. The smallest absolute Gasteiger partial charge is 0.223 e. The van der Waals surface area contributed by atoms with Crippen LogP contribution >= 0.6 is 0 Å². The molecule has 0 aliphatic heterocycles. The fourth-order valence-electron chi connectivity index (χ4n) is 2.92. The zero-order valence-electron chi connectivity index (χ0n) is 11.9. The molecule has 0 heterocycles. The van der Waals surface area contributed by atoms with E-state index in [-0.39, 0.29) is 23.7 Å². The molecule has 4 heteroatoms. The van der Waals surface area contributed by atoms with Crippen LogP contribution in [0.4, 0.5) is 4.39 Å². The lowest BCUT2D eigenvalue weighted by molar-refractivity contribution is -0.125. The second-order valence-electron chi connectivity index (χ2n) is 5.74. The fraction of sp³-hybridized carbons (Fsp3) is 0.562. The third-order valence-electron chi connectivity index (χ3n) is 4.22. The van der Waals surface area contributed by atoms with Gasteiger partial charge in [-0.3, -0.25) is 4.79 Å². The average molecular weight is 278 g/mol. The molecule has 20 heavy (non-hydrogen) atoms. The Morgan fingerprint density at radius 3 is 2.90 bits per heavy atom. The van der Waals surface area contributed by atoms with E-state index in [2.05, 4.69) is 5.32 Å². The van der Waals surface area contributed by atoms with Crippen molar-refractivity contribution in [3.05, 3.63) is 35.6 Å². The Labute approximate surface area is 119 Å². The lowest BCUT2D eigenvalue weighted by Crippen LogP contribution is -2.42. The van der Waals surface area contributed by atoms with Crippen molar-refractivity contribution in [2.24, 2.45) is 17.6 Å². The minimum Gasteiger partial charge on any atom is -0.353 e. The lowest BCUT2D eigenvalue weighted by atomic mass is 9.98. The van der Waals surface area contributed by atoms with E-state index in [9.17, 15) is 9.18 Å². The number of nitrogens with two attached hydrogens (primary N) is 1. The minimum atomic E-state index is -0.243. The maximum absolute atomic E-state index is 13.6. The van der Waals surface area contributed by atoms with Gasteiger partial charge in [0, 0.05) is 12.0 Å². The van der Waals surface area contributed by atoms with Crippen LogP contribution in [0.15, 0.2) is 24.3 Å². The van der Waals surface area contributed by atoms with Crippen LogP contribution in [-0.2, 0) is 11.2 Å². The topological polar surface area (TPSA) is 55.1 Å². The Bertz CT molecular complexity index is 464. The molecule has 3 nitrogen and oxygen atoms in total. The summed E-state index contributed by atoms with van der Waals surface area (Å²) in [6.07, 6.45) is 3.64. The van der Waals surface area contributed by atoms with Gasteiger partial charge in [0.25, 0.3) is 0 Å². The average Bonchev–Trinajstić information content (AvgIpc) is 2.88. The van der Waals surface area contributed by atoms with Gasteiger partial charge in [-0.1, -0.05) is 31.5 Å². The van der Waals surface area contributed by atoms with Gasteiger partial charge in [-0.25, -0.2) is 4.39 Å². The van der Waals surface area contributed by atoms with Crippen molar-refractivity contribution < 1.29 is 9.18 Å². The quantitative estimate of drug-likeness (QED) is 0.868. The molecule has 3 N–H and O–H groups in total. The van der Waals surface area contributed by atoms with E-state index >= 15 is 0 Å². The maximum atomic E-state index is 13.6. The molecule has 0 saturated heterocycles. The Balaban J connectivity index is 1.91. The number of benzene rings is 1. The van der Waals surface area contributed by atoms with Crippen LogP contribution in [0.1, 0.15) is 31.7 Å². The van der Waals surface area contributed by atoms with E-state index in [0.717, 1.165) is 19.3 Å². The molecule has 1 aromatic rings. The molecule has 110 valence electrons. The van der Waals surface area contributed by atoms with E-state index in [1.54, 1.807) is 18.2 Å². The number of amides is 1. The van der Waals surface area contributed by atoms with Crippen LogP contribution < -0.4 is 11.1 Å². The van der Waals surface area contributed by atoms with Crippen LogP contribution in [0.25, 0.3) is 0 Å². The molecule has 1 saturated carbocycles. The van der Waals surface area contributed by atoms with Gasteiger partial charge in [0.1, 0.15) is 5.82 Å². The monoisotopic (exact) mass is 278 g/mol. The Morgan fingerprint density at radius 1 is 1.45 bits per heavy atom.